The van der Waals surface area contributed by atoms with Crippen LogP contribution in [0.15, 0.2) is 16.7 Å². The van der Waals surface area contributed by atoms with Crippen molar-refractivity contribution in [3.05, 3.63) is 22.3 Å². The monoisotopic (exact) mass is 255 g/mol. The molecule has 1 aromatic heterocycles. The first kappa shape index (κ1) is 9.97. The molecule has 1 heterocycles. The maximum Gasteiger partial charge on any atom is 0.213 e. The molecule has 1 saturated carbocycles. The van der Waals surface area contributed by atoms with Crippen molar-refractivity contribution < 1.29 is 4.74 Å². The number of aryl methyl sites for hydroxylation is 1. The summed E-state index contributed by atoms with van der Waals surface area (Å²) in [5.74, 6) is 1.66. The van der Waals surface area contributed by atoms with Crippen molar-refractivity contribution in [3.8, 4) is 5.88 Å². The van der Waals surface area contributed by atoms with E-state index in [-0.39, 0.29) is 0 Å². The molecule has 0 aromatic carbocycles. The summed E-state index contributed by atoms with van der Waals surface area (Å²) in [6, 6.07) is 1.97. The van der Waals surface area contributed by atoms with E-state index < -0.39 is 0 Å². The molecular formula is C11H14BrNO. The molecule has 0 bridgehead atoms. The third kappa shape index (κ3) is 2.71. The van der Waals surface area contributed by atoms with Crippen LogP contribution in [0.2, 0.25) is 0 Å². The molecule has 0 N–H and O–H groups in total. The summed E-state index contributed by atoms with van der Waals surface area (Å²) in [6.07, 6.45) is 5.74. The van der Waals surface area contributed by atoms with Gasteiger partial charge in [-0.25, -0.2) is 4.98 Å². The minimum atomic E-state index is 0.742. The molecule has 1 fully saturated rings. The van der Waals surface area contributed by atoms with Gasteiger partial charge < -0.3 is 4.74 Å². The number of hydrogen-bond acceptors (Lipinski definition) is 2. The second-order valence-electron chi connectivity index (χ2n) is 3.85. The molecule has 3 heteroatoms. The van der Waals surface area contributed by atoms with Crippen molar-refractivity contribution in [1.82, 2.24) is 4.98 Å². The Morgan fingerprint density at radius 1 is 1.57 bits per heavy atom. The smallest absolute Gasteiger partial charge is 0.213 e. The highest BCUT2D eigenvalue weighted by Crippen LogP contribution is 2.32. The molecule has 2 nitrogen and oxygen atoms in total. The van der Waals surface area contributed by atoms with Crippen molar-refractivity contribution in [1.29, 1.82) is 0 Å². The van der Waals surface area contributed by atoms with Crippen molar-refractivity contribution in [3.63, 3.8) is 0 Å². The van der Waals surface area contributed by atoms with Gasteiger partial charge in [-0.15, -0.1) is 0 Å². The van der Waals surface area contributed by atoms with Crippen LogP contribution >= 0.6 is 15.9 Å². The molecule has 76 valence electrons. The number of rotatable bonds is 4. The predicted octanol–water partition coefficient (Wildman–Crippen LogP) is 3.33. The lowest BCUT2D eigenvalue weighted by Crippen LogP contribution is -2.00. The number of halogens is 1. The van der Waals surface area contributed by atoms with Gasteiger partial charge in [0.2, 0.25) is 5.88 Å². The predicted molar refractivity (Wildman–Crippen MR) is 59.5 cm³/mol. The van der Waals surface area contributed by atoms with Gasteiger partial charge in [0.15, 0.2) is 0 Å². The van der Waals surface area contributed by atoms with E-state index >= 15 is 0 Å². The van der Waals surface area contributed by atoms with Gasteiger partial charge in [0, 0.05) is 16.7 Å². The van der Waals surface area contributed by atoms with Crippen molar-refractivity contribution >= 4 is 15.9 Å². The molecule has 0 amide bonds. The van der Waals surface area contributed by atoms with E-state index in [0.29, 0.717) is 0 Å². The summed E-state index contributed by atoms with van der Waals surface area (Å²) < 4.78 is 6.59. The zero-order chi connectivity index (χ0) is 9.97. The quantitative estimate of drug-likeness (QED) is 0.824. The van der Waals surface area contributed by atoms with Crippen molar-refractivity contribution in [2.45, 2.75) is 26.2 Å². The Kier molecular flexibility index (Phi) is 3.06. The van der Waals surface area contributed by atoms with Gasteiger partial charge in [-0.05, 0) is 40.8 Å². The van der Waals surface area contributed by atoms with E-state index in [1.807, 2.05) is 13.0 Å². The highest BCUT2D eigenvalue weighted by atomic mass is 79.9. The third-order valence-corrected chi connectivity index (χ3v) is 3.32. The third-order valence-electron chi connectivity index (χ3n) is 2.49. The minimum Gasteiger partial charge on any atom is -0.478 e. The van der Waals surface area contributed by atoms with Gasteiger partial charge in [-0.3, -0.25) is 0 Å². The number of pyridine rings is 1. The van der Waals surface area contributed by atoms with E-state index in [2.05, 4.69) is 20.9 Å². The molecule has 1 aliphatic carbocycles. The average Bonchev–Trinajstić information content (AvgIpc) is 2.95. The summed E-state index contributed by atoms with van der Waals surface area (Å²) in [5, 5.41) is 0. The van der Waals surface area contributed by atoms with Gasteiger partial charge in [0.05, 0.1) is 6.61 Å². The Labute approximate surface area is 92.8 Å². The molecular weight excluding hydrogens is 242 g/mol. The molecule has 0 atom stereocenters. The Balaban J connectivity index is 1.85. The fourth-order valence-corrected chi connectivity index (χ4v) is 1.55. The first-order valence-electron chi connectivity index (χ1n) is 5.00. The summed E-state index contributed by atoms with van der Waals surface area (Å²) in [5.41, 5.74) is 1.17. The molecule has 1 aromatic rings. The van der Waals surface area contributed by atoms with Gasteiger partial charge >= 0.3 is 0 Å². The van der Waals surface area contributed by atoms with Crippen LogP contribution in [0.25, 0.3) is 0 Å². The Morgan fingerprint density at radius 3 is 3.00 bits per heavy atom. The minimum absolute atomic E-state index is 0.742. The van der Waals surface area contributed by atoms with E-state index in [9.17, 15) is 0 Å². The van der Waals surface area contributed by atoms with Gasteiger partial charge in [-0.2, -0.15) is 0 Å². The molecule has 2 rings (SSSR count). The number of aromatic nitrogens is 1. The Morgan fingerprint density at radius 2 is 2.36 bits per heavy atom. The van der Waals surface area contributed by atoms with Crippen LogP contribution in [0.3, 0.4) is 0 Å². The molecule has 0 spiro atoms. The topological polar surface area (TPSA) is 22.1 Å². The summed E-state index contributed by atoms with van der Waals surface area (Å²) in [6.45, 7) is 2.85. The maximum absolute atomic E-state index is 5.56. The molecule has 14 heavy (non-hydrogen) atoms. The summed E-state index contributed by atoms with van der Waals surface area (Å²) in [4.78, 5) is 4.19. The van der Waals surface area contributed by atoms with E-state index in [4.69, 9.17) is 4.74 Å². The van der Waals surface area contributed by atoms with Crippen LogP contribution in [0, 0.1) is 12.8 Å². The number of hydrogen-bond donors (Lipinski definition) is 0. The molecule has 0 unspecified atom stereocenters. The van der Waals surface area contributed by atoms with Gasteiger partial charge in [0.1, 0.15) is 0 Å². The van der Waals surface area contributed by atoms with Crippen LogP contribution in [0.1, 0.15) is 24.8 Å². The lowest BCUT2D eigenvalue weighted by atomic mass is 10.3. The van der Waals surface area contributed by atoms with Crippen LogP contribution in [0.4, 0.5) is 0 Å². The molecule has 0 radical (unpaired) electrons. The average molecular weight is 256 g/mol. The van der Waals surface area contributed by atoms with Gasteiger partial charge in [-0.1, -0.05) is 12.8 Å². The fraction of sp³-hybridized carbons (Fsp3) is 0.545. The molecule has 0 aliphatic heterocycles. The molecule has 0 saturated heterocycles. The first-order chi connectivity index (χ1) is 6.75. The summed E-state index contributed by atoms with van der Waals surface area (Å²) in [7, 11) is 0. The SMILES string of the molecule is Cc1cc(OCCC2CC2)ncc1Br. The normalized spacial score (nSPS) is 15.6. The van der Waals surface area contributed by atoms with Crippen molar-refractivity contribution in [2.24, 2.45) is 5.92 Å². The van der Waals surface area contributed by atoms with Gasteiger partial charge in [0.25, 0.3) is 0 Å². The largest absolute Gasteiger partial charge is 0.478 e. The lowest BCUT2D eigenvalue weighted by Gasteiger charge is -2.05. The highest BCUT2D eigenvalue weighted by molar-refractivity contribution is 9.10. The molecule has 1 aliphatic rings. The van der Waals surface area contributed by atoms with E-state index in [1.165, 1.54) is 24.8 Å². The van der Waals surface area contributed by atoms with E-state index in [0.717, 1.165) is 22.9 Å². The lowest BCUT2D eigenvalue weighted by molar-refractivity contribution is 0.291. The van der Waals surface area contributed by atoms with Crippen LogP contribution in [-0.4, -0.2) is 11.6 Å². The Hall–Kier alpha value is -0.570. The highest BCUT2D eigenvalue weighted by Gasteiger charge is 2.20. The Bertz CT molecular complexity index is 323. The standard InChI is InChI=1S/C11H14BrNO/c1-8-6-11(13-7-10(8)12)14-5-4-9-2-3-9/h6-7,9H,2-5H2,1H3. The number of nitrogens with zero attached hydrogens (tertiary/aromatic N) is 1. The maximum atomic E-state index is 5.56. The van der Waals surface area contributed by atoms with E-state index in [1.54, 1.807) is 6.20 Å². The summed E-state index contributed by atoms with van der Waals surface area (Å²) >= 11 is 3.41. The van der Waals surface area contributed by atoms with Crippen LogP contribution < -0.4 is 4.74 Å². The van der Waals surface area contributed by atoms with Crippen LogP contribution in [-0.2, 0) is 0 Å². The second-order valence-corrected chi connectivity index (χ2v) is 4.71. The number of ether oxygens (including phenoxy) is 1. The fourth-order valence-electron chi connectivity index (χ4n) is 1.33. The second kappa shape index (κ2) is 4.30. The van der Waals surface area contributed by atoms with Crippen LogP contribution in [0.5, 0.6) is 5.88 Å². The van der Waals surface area contributed by atoms with Crippen molar-refractivity contribution in [2.75, 3.05) is 6.61 Å². The zero-order valence-corrected chi connectivity index (χ0v) is 9.88. The zero-order valence-electron chi connectivity index (χ0n) is 8.29. The first-order valence-corrected chi connectivity index (χ1v) is 5.80.